The molecule has 4 heteroatoms. The number of carbonyl (C=O) groups excluding carboxylic acids is 1. The molecule has 0 saturated heterocycles. The van der Waals surface area contributed by atoms with E-state index in [1.165, 1.54) is 18.4 Å². The van der Waals surface area contributed by atoms with Crippen molar-refractivity contribution in [2.75, 3.05) is 13.7 Å². The predicted molar refractivity (Wildman–Crippen MR) is 79.7 cm³/mol. The Morgan fingerprint density at radius 3 is 2.45 bits per heavy atom. The summed E-state index contributed by atoms with van der Waals surface area (Å²) in [6, 6.07) is 8.55. The zero-order chi connectivity index (χ0) is 14.5. The monoisotopic (exact) mass is 276 g/mol. The summed E-state index contributed by atoms with van der Waals surface area (Å²) < 4.78 is 5.18. The minimum absolute atomic E-state index is 0.0548. The van der Waals surface area contributed by atoms with Crippen LogP contribution in [-0.4, -0.2) is 25.6 Å². The molecular formula is C16H24N2O2. The summed E-state index contributed by atoms with van der Waals surface area (Å²) in [5, 5.41) is 6.29. The van der Waals surface area contributed by atoms with Crippen LogP contribution in [0.15, 0.2) is 24.3 Å². The molecule has 1 atom stereocenters. The highest BCUT2D eigenvalue weighted by Crippen LogP contribution is 2.41. The number of nitrogens with one attached hydrogen (secondary N) is 2. The third kappa shape index (κ3) is 4.23. The lowest BCUT2D eigenvalue weighted by Crippen LogP contribution is -2.39. The van der Waals surface area contributed by atoms with Gasteiger partial charge in [-0.25, -0.2) is 0 Å². The van der Waals surface area contributed by atoms with E-state index in [0.717, 1.165) is 5.75 Å². The van der Waals surface area contributed by atoms with Crippen LogP contribution in [0.3, 0.4) is 0 Å². The van der Waals surface area contributed by atoms with Crippen LogP contribution in [0, 0.1) is 5.92 Å². The molecular weight excluding hydrogens is 252 g/mol. The maximum Gasteiger partial charge on any atom is 0.234 e. The Balaban J connectivity index is 1.94. The van der Waals surface area contributed by atoms with Crippen LogP contribution in [-0.2, 0) is 4.79 Å². The highest BCUT2D eigenvalue weighted by atomic mass is 16.5. The van der Waals surface area contributed by atoms with E-state index in [0.29, 0.717) is 12.5 Å². The molecule has 2 rings (SSSR count). The first-order valence-electron chi connectivity index (χ1n) is 7.27. The number of rotatable bonds is 7. The normalized spacial score (nSPS) is 16.0. The first-order chi connectivity index (χ1) is 9.60. The molecule has 2 N–H and O–H groups in total. The molecule has 1 aliphatic carbocycles. The van der Waals surface area contributed by atoms with Gasteiger partial charge in [0.05, 0.1) is 13.7 Å². The standard InChI is InChI=1S/C16H24N2O2/c1-11(2)18-15(19)10-17-16(12-4-5-12)13-6-8-14(20-3)9-7-13/h6-9,11-12,16-17H,4-5,10H2,1-3H3,(H,18,19). The molecule has 0 radical (unpaired) electrons. The van der Waals surface area contributed by atoms with Crippen molar-refractivity contribution in [3.05, 3.63) is 29.8 Å². The first-order valence-corrected chi connectivity index (χ1v) is 7.27. The number of hydrogen-bond donors (Lipinski definition) is 2. The van der Waals surface area contributed by atoms with E-state index in [9.17, 15) is 4.79 Å². The van der Waals surface area contributed by atoms with Crippen LogP contribution in [0.2, 0.25) is 0 Å². The van der Waals surface area contributed by atoms with Crippen molar-refractivity contribution in [2.24, 2.45) is 5.92 Å². The maximum absolute atomic E-state index is 11.7. The van der Waals surface area contributed by atoms with Gasteiger partial charge in [0.1, 0.15) is 5.75 Å². The van der Waals surface area contributed by atoms with Gasteiger partial charge >= 0.3 is 0 Å². The molecule has 0 spiro atoms. The van der Waals surface area contributed by atoms with Gasteiger partial charge in [-0.15, -0.1) is 0 Å². The zero-order valence-corrected chi connectivity index (χ0v) is 12.5. The van der Waals surface area contributed by atoms with Crippen LogP contribution in [0.5, 0.6) is 5.75 Å². The van der Waals surface area contributed by atoms with Crippen molar-refractivity contribution in [1.82, 2.24) is 10.6 Å². The Kier molecular flexibility index (Phi) is 5.01. The van der Waals surface area contributed by atoms with Gasteiger partial charge in [0.2, 0.25) is 5.91 Å². The Bertz CT molecular complexity index is 438. The molecule has 20 heavy (non-hydrogen) atoms. The summed E-state index contributed by atoms with van der Waals surface area (Å²) in [7, 11) is 1.67. The number of amides is 1. The fourth-order valence-electron chi connectivity index (χ4n) is 2.37. The Hall–Kier alpha value is -1.55. The number of ether oxygens (including phenoxy) is 1. The van der Waals surface area contributed by atoms with Gasteiger partial charge in [0, 0.05) is 12.1 Å². The van der Waals surface area contributed by atoms with Crippen molar-refractivity contribution in [2.45, 2.75) is 38.8 Å². The van der Waals surface area contributed by atoms with Gasteiger partial charge < -0.3 is 15.4 Å². The third-order valence-corrected chi connectivity index (χ3v) is 3.50. The number of carbonyl (C=O) groups is 1. The molecule has 1 amide bonds. The first kappa shape index (κ1) is 14.9. The van der Waals surface area contributed by atoms with E-state index in [2.05, 4.69) is 22.8 Å². The Morgan fingerprint density at radius 1 is 1.30 bits per heavy atom. The predicted octanol–water partition coefficient (Wildman–Crippen LogP) is 2.26. The zero-order valence-electron chi connectivity index (χ0n) is 12.5. The fourth-order valence-corrected chi connectivity index (χ4v) is 2.37. The van der Waals surface area contributed by atoms with Crippen molar-refractivity contribution >= 4 is 5.91 Å². The van der Waals surface area contributed by atoms with Crippen molar-refractivity contribution in [3.8, 4) is 5.75 Å². The summed E-state index contributed by atoms with van der Waals surface area (Å²) in [6.07, 6.45) is 2.46. The van der Waals surface area contributed by atoms with Gasteiger partial charge in [-0.2, -0.15) is 0 Å². The van der Waals surface area contributed by atoms with Crippen molar-refractivity contribution in [3.63, 3.8) is 0 Å². The lowest BCUT2D eigenvalue weighted by atomic mass is 10.0. The Labute approximate surface area is 120 Å². The van der Waals surface area contributed by atoms with Gasteiger partial charge in [-0.3, -0.25) is 4.79 Å². The summed E-state index contributed by atoms with van der Waals surface area (Å²) in [6.45, 7) is 4.31. The Morgan fingerprint density at radius 2 is 1.95 bits per heavy atom. The molecule has 0 heterocycles. The second kappa shape index (κ2) is 6.75. The van der Waals surface area contributed by atoms with E-state index in [-0.39, 0.29) is 18.0 Å². The summed E-state index contributed by atoms with van der Waals surface area (Å²) in [5.74, 6) is 1.57. The maximum atomic E-state index is 11.7. The van der Waals surface area contributed by atoms with Gasteiger partial charge in [-0.05, 0) is 50.3 Å². The summed E-state index contributed by atoms with van der Waals surface area (Å²) >= 11 is 0. The highest BCUT2D eigenvalue weighted by Gasteiger charge is 2.32. The van der Waals surface area contributed by atoms with E-state index in [1.54, 1.807) is 7.11 Å². The summed E-state index contributed by atoms with van der Waals surface area (Å²) in [5.41, 5.74) is 1.23. The van der Waals surface area contributed by atoms with E-state index < -0.39 is 0 Å². The smallest absolute Gasteiger partial charge is 0.234 e. The van der Waals surface area contributed by atoms with Crippen LogP contribution in [0.4, 0.5) is 0 Å². The van der Waals surface area contributed by atoms with E-state index >= 15 is 0 Å². The quantitative estimate of drug-likeness (QED) is 0.803. The number of hydrogen-bond acceptors (Lipinski definition) is 3. The second-order valence-corrected chi connectivity index (χ2v) is 5.69. The second-order valence-electron chi connectivity index (χ2n) is 5.69. The lowest BCUT2D eigenvalue weighted by Gasteiger charge is -2.19. The van der Waals surface area contributed by atoms with Gasteiger partial charge in [-0.1, -0.05) is 12.1 Å². The molecule has 0 aromatic heterocycles. The largest absolute Gasteiger partial charge is 0.497 e. The van der Waals surface area contributed by atoms with Crippen LogP contribution in [0.25, 0.3) is 0 Å². The molecule has 1 aromatic carbocycles. The number of benzene rings is 1. The highest BCUT2D eigenvalue weighted by molar-refractivity contribution is 5.78. The molecule has 1 fully saturated rings. The molecule has 0 bridgehead atoms. The molecule has 1 unspecified atom stereocenters. The third-order valence-electron chi connectivity index (χ3n) is 3.50. The topological polar surface area (TPSA) is 50.4 Å². The van der Waals surface area contributed by atoms with Crippen molar-refractivity contribution < 1.29 is 9.53 Å². The molecule has 0 aliphatic heterocycles. The van der Waals surface area contributed by atoms with Crippen LogP contribution in [0.1, 0.15) is 38.3 Å². The average molecular weight is 276 g/mol. The van der Waals surface area contributed by atoms with E-state index in [4.69, 9.17) is 4.74 Å². The molecule has 110 valence electrons. The minimum atomic E-state index is 0.0548. The molecule has 1 aromatic rings. The summed E-state index contributed by atoms with van der Waals surface area (Å²) in [4.78, 5) is 11.7. The van der Waals surface area contributed by atoms with Crippen LogP contribution >= 0.6 is 0 Å². The SMILES string of the molecule is COc1ccc(C(NCC(=O)NC(C)C)C2CC2)cc1. The minimum Gasteiger partial charge on any atom is -0.497 e. The van der Waals surface area contributed by atoms with Crippen molar-refractivity contribution in [1.29, 1.82) is 0 Å². The van der Waals surface area contributed by atoms with E-state index in [1.807, 2.05) is 26.0 Å². The average Bonchev–Trinajstić information content (AvgIpc) is 3.23. The molecule has 1 saturated carbocycles. The molecule has 1 aliphatic rings. The van der Waals surface area contributed by atoms with Gasteiger partial charge in [0.15, 0.2) is 0 Å². The molecule has 4 nitrogen and oxygen atoms in total. The number of methoxy groups -OCH3 is 1. The fraction of sp³-hybridized carbons (Fsp3) is 0.562. The van der Waals surface area contributed by atoms with Gasteiger partial charge in [0.25, 0.3) is 0 Å². The van der Waals surface area contributed by atoms with Crippen LogP contribution < -0.4 is 15.4 Å². The lowest BCUT2D eigenvalue weighted by molar-refractivity contribution is -0.120.